The predicted octanol–water partition coefficient (Wildman–Crippen LogP) is 0.923. The molecule has 0 radical (unpaired) electrons. The number of likely N-dealkylation sites (tertiary alicyclic amines) is 1. The first-order valence-electron chi connectivity index (χ1n) is 7.38. The number of halogens is 1. The second-order valence-electron chi connectivity index (χ2n) is 5.93. The van der Waals surface area contributed by atoms with Crippen LogP contribution in [0.4, 0.5) is 0 Å². The molecule has 20 heavy (non-hydrogen) atoms. The number of amides is 2. The Kier molecular flexibility index (Phi) is 6.76. The number of nitrogens with one attached hydrogen (secondary N) is 2. The average Bonchev–Trinajstić information content (AvgIpc) is 2.75. The molecule has 0 aromatic rings. The minimum absolute atomic E-state index is 0. The highest BCUT2D eigenvalue weighted by Gasteiger charge is 2.27. The highest BCUT2D eigenvalue weighted by atomic mass is 35.5. The van der Waals surface area contributed by atoms with Gasteiger partial charge in [-0.2, -0.15) is 0 Å². The van der Waals surface area contributed by atoms with Crippen LogP contribution in [0.1, 0.15) is 39.5 Å². The molecule has 2 aliphatic rings. The molecule has 2 heterocycles. The van der Waals surface area contributed by atoms with Crippen molar-refractivity contribution in [1.82, 2.24) is 15.5 Å². The molecule has 1 unspecified atom stereocenters. The molecule has 116 valence electrons. The molecule has 2 aliphatic heterocycles. The zero-order chi connectivity index (χ0) is 13.8. The zero-order valence-electron chi connectivity index (χ0n) is 12.4. The summed E-state index contributed by atoms with van der Waals surface area (Å²) < 4.78 is 0. The second kappa shape index (κ2) is 7.84. The molecule has 6 heteroatoms. The maximum Gasteiger partial charge on any atom is 0.223 e. The standard InChI is InChI=1S/C14H25N3O2.ClH/c1-10-8-12(5-6-15-10)14(19)16-11(2)9-17-7-3-4-13(17)18;/h10-12,15H,3-9H2,1-2H3,(H,16,19);1H/t10-,11?,12-;/m0./s1. The van der Waals surface area contributed by atoms with E-state index in [-0.39, 0.29) is 36.2 Å². The highest BCUT2D eigenvalue weighted by molar-refractivity contribution is 5.85. The number of nitrogens with zero attached hydrogens (tertiary/aromatic N) is 1. The third kappa shape index (κ3) is 4.63. The van der Waals surface area contributed by atoms with E-state index in [0.29, 0.717) is 19.0 Å². The van der Waals surface area contributed by atoms with E-state index < -0.39 is 0 Å². The summed E-state index contributed by atoms with van der Waals surface area (Å²) in [6, 6.07) is 0.458. The molecule has 0 spiro atoms. The van der Waals surface area contributed by atoms with Crippen LogP contribution in [0.2, 0.25) is 0 Å². The van der Waals surface area contributed by atoms with Crippen LogP contribution in [-0.4, -0.2) is 48.4 Å². The van der Waals surface area contributed by atoms with E-state index in [2.05, 4.69) is 17.6 Å². The van der Waals surface area contributed by atoms with Gasteiger partial charge in [0.15, 0.2) is 0 Å². The maximum absolute atomic E-state index is 12.2. The molecule has 0 saturated carbocycles. The van der Waals surface area contributed by atoms with Gasteiger partial charge in [0.1, 0.15) is 0 Å². The number of piperidine rings is 1. The first kappa shape index (κ1) is 17.2. The molecule has 2 fully saturated rings. The fourth-order valence-corrected chi connectivity index (χ4v) is 3.00. The molecule has 5 nitrogen and oxygen atoms in total. The van der Waals surface area contributed by atoms with Crippen molar-refractivity contribution in [2.75, 3.05) is 19.6 Å². The molecule has 2 saturated heterocycles. The third-order valence-corrected chi connectivity index (χ3v) is 4.05. The molecule has 0 bridgehead atoms. The van der Waals surface area contributed by atoms with E-state index >= 15 is 0 Å². The van der Waals surface area contributed by atoms with Gasteiger partial charge in [-0.05, 0) is 39.7 Å². The number of carbonyl (C=O) groups excluding carboxylic acids is 2. The molecule has 0 aromatic heterocycles. The summed E-state index contributed by atoms with van der Waals surface area (Å²) in [6.45, 7) is 6.49. The lowest BCUT2D eigenvalue weighted by atomic mass is 9.92. The first-order valence-corrected chi connectivity index (χ1v) is 7.38. The minimum Gasteiger partial charge on any atom is -0.352 e. The van der Waals surface area contributed by atoms with Crippen molar-refractivity contribution in [3.8, 4) is 0 Å². The van der Waals surface area contributed by atoms with Gasteiger partial charge in [0.05, 0.1) is 0 Å². The number of hydrogen-bond acceptors (Lipinski definition) is 3. The lowest BCUT2D eigenvalue weighted by Crippen LogP contribution is -2.47. The topological polar surface area (TPSA) is 61.4 Å². The minimum atomic E-state index is 0. The fourth-order valence-electron chi connectivity index (χ4n) is 3.00. The Morgan fingerprint density at radius 1 is 1.55 bits per heavy atom. The van der Waals surface area contributed by atoms with Crippen molar-refractivity contribution in [2.24, 2.45) is 5.92 Å². The van der Waals surface area contributed by atoms with Gasteiger partial charge < -0.3 is 15.5 Å². The number of carbonyl (C=O) groups is 2. The van der Waals surface area contributed by atoms with Gasteiger partial charge in [0, 0.05) is 37.5 Å². The van der Waals surface area contributed by atoms with Gasteiger partial charge in [-0.15, -0.1) is 12.4 Å². The third-order valence-electron chi connectivity index (χ3n) is 4.05. The lowest BCUT2D eigenvalue weighted by Gasteiger charge is -2.29. The monoisotopic (exact) mass is 303 g/mol. The van der Waals surface area contributed by atoms with E-state index in [1.54, 1.807) is 0 Å². The van der Waals surface area contributed by atoms with Crippen LogP contribution in [-0.2, 0) is 9.59 Å². The van der Waals surface area contributed by atoms with E-state index in [4.69, 9.17) is 0 Å². The molecule has 0 aromatic carbocycles. The Bertz CT molecular complexity index is 351. The van der Waals surface area contributed by atoms with Crippen molar-refractivity contribution in [2.45, 2.75) is 51.6 Å². The van der Waals surface area contributed by atoms with Crippen molar-refractivity contribution in [3.63, 3.8) is 0 Å². The Morgan fingerprint density at radius 3 is 2.90 bits per heavy atom. The van der Waals surface area contributed by atoms with Crippen molar-refractivity contribution >= 4 is 24.2 Å². The number of hydrogen-bond donors (Lipinski definition) is 2. The molecular weight excluding hydrogens is 278 g/mol. The molecule has 0 aliphatic carbocycles. The smallest absolute Gasteiger partial charge is 0.223 e. The molecule has 2 amide bonds. The quantitative estimate of drug-likeness (QED) is 0.812. The first-order chi connectivity index (χ1) is 9.06. The van der Waals surface area contributed by atoms with E-state index in [1.807, 2.05) is 11.8 Å². The summed E-state index contributed by atoms with van der Waals surface area (Å²) in [5.74, 6) is 0.483. The summed E-state index contributed by atoms with van der Waals surface area (Å²) >= 11 is 0. The summed E-state index contributed by atoms with van der Waals surface area (Å²) in [7, 11) is 0. The van der Waals surface area contributed by atoms with Gasteiger partial charge in [-0.1, -0.05) is 0 Å². The van der Waals surface area contributed by atoms with E-state index in [1.165, 1.54) is 0 Å². The van der Waals surface area contributed by atoms with Crippen LogP contribution in [0, 0.1) is 5.92 Å². The fraction of sp³-hybridized carbons (Fsp3) is 0.857. The molecule has 2 N–H and O–H groups in total. The van der Waals surface area contributed by atoms with Crippen LogP contribution >= 0.6 is 12.4 Å². The molecular formula is C14H26ClN3O2. The van der Waals surface area contributed by atoms with E-state index in [9.17, 15) is 9.59 Å². The van der Waals surface area contributed by atoms with Crippen LogP contribution in [0.5, 0.6) is 0 Å². The SMILES string of the molecule is CC(CN1CCCC1=O)NC(=O)[C@H]1CCN[C@@H](C)C1.Cl. The normalized spacial score (nSPS) is 27.9. The zero-order valence-corrected chi connectivity index (χ0v) is 13.2. The van der Waals surface area contributed by atoms with Gasteiger partial charge in [0.2, 0.25) is 11.8 Å². The summed E-state index contributed by atoms with van der Waals surface area (Å²) in [6.07, 6.45) is 3.42. The summed E-state index contributed by atoms with van der Waals surface area (Å²) in [5, 5.41) is 6.41. The van der Waals surface area contributed by atoms with Crippen molar-refractivity contribution in [3.05, 3.63) is 0 Å². The van der Waals surface area contributed by atoms with Crippen LogP contribution in [0.3, 0.4) is 0 Å². The van der Waals surface area contributed by atoms with E-state index in [0.717, 1.165) is 32.4 Å². The Hall–Kier alpha value is -0.810. The Morgan fingerprint density at radius 2 is 2.30 bits per heavy atom. The summed E-state index contributed by atoms with van der Waals surface area (Å²) in [5.41, 5.74) is 0. The van der Waals surface area contributed by atoms with Gasteiger partial charge >= 0.3 is 0 Å². The largest absolute Gasteiger partial charge is 0.352 e. The summed E-state index contributed by atoms with van der Waals surface area (Å²) in [4.78, 5) is 25.6. The Balaban J connectivity index is 0.00000200. The Labute approximate surface area is 127 Å². The van der Waals surface area contributed by atoms with Crippen LogP contribution in [0.25, 0.3) is 0 Å². The van der Waals surface area contributed by atoms with Crippen molar-refractivity contribution < 1.29 is 9.59 Å². The predicted molar refractivity (Wildman–Crippen MR) is 80.9 cm³/mol. The highest BCUT2D eigenvalue weighted by Crippen LogP contribution is 2.16. The van der Waals surface area contributed by atoms with Gasteiger partial charge in [-0.3, -0.25) is 9.59 Å². The average molecular weight is 304 g/mol. The van der Waals surface area contributed by atoms with Crippen LogP contribution in [0.15, 0.2) is 0 Å². The second-order valence-corrected chi connectivity index (χ2v) is 5.93. The van der Waals surface area contributed by atoms with Gasteiger partial charge in [0.25, 0.3) is 0 Å². The van der Waals surface area contributed by atoms with Gasteiger partial charge in [-0.25, -0.2) is 0 Å². The molecule has 2 rings (SSSR count). The van der Waals surface area contributed by atoms with Crippen molar-refractivity contribution in [1.29, 1.82) is 0 Å². The van der Waals surface area contributed by atoms with Crippen LogP contribution < -0.4 is 10.6 Å². The maximum atomic E-state index is 12.2. The lowest BCUT2D eigenvalue weighted by molar-refractivity contribution is -0.130. The molecule has 3 atom stereocenters. The number of rotatable bonds is 4.